The van der Waals surface area contributed by atoms with Crippen LogP contribution >= 0.6 is 0 Å². The molecular weight excluding hydrogens is 284 g/mol. The lowest BCUT2D eigenvalue weighted by Gasteiger charge is -2.10. The van der Waals surface area contributed by atoms with Crippen LogP contribution in [0.3, 0.4) is 0 Å². The molecule has 0 aliphatic heterocycles. The third-order valence-corrected chi connectivity index (χ3v) is 3.77. The molecule has 2 rings (SSSR count). The molecule has 0 heterocycles. The Morgan fingerprint density at radius 3 is 2.30 bits per heavy atom. The summed E-state index contributed by atoms with van der Waals surface area (Å²) in [5, 5.41) is 4.38. The molecule has 0 spiro atoms. The van der Waals surface area contributed by atoms with Crippen LogP contribution in [0.4, 0.5) is 0 Å². The minimum atomic E-state index is -0.176. The van der Waals surface area contributed by atoms with Gasteiger partial charge in [0, 0.05) is 5.56 Å². The molecule has 1 amide bonds. The molecule has 1 N–H and O–H groups in total. The van der Waals surface area contributed by atoms with Crippen molar-refractivity contribution in [1.29, 1.82) is 0 Å². The van der Waals surface area contributed by atoms with E-state index in [-0.39, 0.29) is 5.91 Å². The number of amides is 1. The highest BCUT2D eigenvalue weighted by Crippen LogP contribution is 2.12. The van der Waals surface area contributed by atoms with Gasteiger partial charge in [0.05, 0.1) is 5.71 Å². The van der Waals surface area contributed by atoms with E-state index < -0.39 is 0 Å². The molecule has 2 aromatic rings. The number of nitrogens with zero attached hydrogens (tertiary/aromatic N) is 1. The van der Waals surface area contributed by atoms with Gasteiger partial charge in [-0.3, -0.25) is 4.79 Å². The summed E-state index contributed by atoms with van der Waals surface area (Å²) >= 11 is 0. The molecule has 2 aromatic carbocycles. The highest BCUT2D eigenvalue weighted by molar-refractivity contribution is 6.02. The number of aryl methyl sites for hydroxylation is 2. The third-order valence-electron chi connectivity index (χ3n) is 3.77. The van der Waals surface area contributed by atoms with Gasteiger partial charge in [-0.05, 0) is 55.0 Å². The number of hydrogen-bond donors (Lipinski definition) is 1. The molecule has 0 bridgehead atoms. The van der Waals surface area contributed by atoms with Crippen LogP contribution in [0, 0.1) is 19.8 Å². The summed E-state index contributed by atoms with van der Waals surface area (Å²) in [6.07, 6.45) is 0.817. The van der Waals surface area contributed by atoms with E-state index in [0.717, 1.165) is 23.3 Å². The fourth-order valence-corrected chi connectivity index (χ4v) is 2.31. The van der Waals surface area contributed by atoms with Gasteiger partial charge in [-0.2, -0.15) is 5.10 Å². The number of nitrogens with one attached hydrogen (secondary N) is 1. The molecule has 0 aliphatic carbocycles. The number of carbonyl (C=O) groups excluding carboxylic acids is 1. The van der Waals surface area contributed by atoms with Crippen molar-refractivity contribution in [1.82, 2.24) is 5.43 Å². The van der Waals surface area contributed by atoms with Gasteiger partial charge in [0.1, 0.15) is 0 Å². The van der Waals surface area contributed by atoms with E-state index in [0.29, 0.717) is 11.5 Å². The lowest BCUT2D eigenvalue weighted by atomic mass is 10.0. The van der Waals surface area contributed by atoms with E-state index >= 15 is 0 Å². The van der Waals surface area contributed by atoms with E-state index in [4.69, 9.17) is 0 Å². The molecule has 0 saturated heterocycles. The van der Waals surface area contributed by atoms with E-state index in [1.165, 1.54) is 5.56 Å². The van der Waals surface area contributed by atoms with Gasteiger partial charge in [-0.15, -0.1) is 0 Å². The van der Waals surface area contributed by atoms with Crippen molar-refractivity contribution in [3.8, 4) is 0 Å². The summed E-state index contributed by atoms with van der Waals surface area (Å²) < 4.78 is 0. The zero-order valence-corrected chi connectivity index (χ0v) is 14.3. The Morgan fingerprint density at radius 1 is 1.00 bits per heavy atom. The maximum Gasteiger partial charge on any atom is 0.271 e. The largest absolute Gasteiger partial charge is 0.271 e. The van der Waals surface area contributed by atoms with Crippen LogP contribution in [-0.4, -0.2) is 11.6 Å². The number of rotatable bonds is 5. The van der Waals surface area contributed by atoms with Crippen LogP contribution in [0.25, 0.3) is 0 Å². The highest BCUT2D eigenvalue weighted by atomic mass is 16.2. The van der Waals surface area contributed by atoms with E-state index in [2.05, 4.69) is 24.4 Å². The van der Waals surface area contributed by atoms with E-state index in [1.807, 2.05) is 62.4 Å². The van der Waals surface area contributed by atoms with Crippen LogP contribution in [0.5, 0.6) is 0 Å². The minimum Gasteiger partial charge on any atom is -0.267 e. The van der Waals surface area contributed by atoms with Gasteiger partial charge >= 0.3 is 0 Å². The average Bonchev–Trinajstić information content (AvgIpc) is 2.54. The van der Waals surface area contributed by atoms with Gasteiger partial charge in [0.25, 0.3) is 5.91 Å². The first kappa shape index (κ1) is 16.9. The molecule has 0 fully saturated rings. The summed E-state index contributed by atoms with van der Waals surface area (Å²) in [5.74, 6) is 0.290. The molecule has 0 aliphatic rings. The molecular formula is C20H24N2O. The van der Waals surface area contributed by atoms with Crippen LogP contribution in [0.15, 0.2) is 53.6 Å². The number of hydrogen-bond acceptors (Lipinski definition) is 2. The lowest BCUT2D eigenvalue weighted by Crippen LogP contribution is -2.21. The van der Waals surface area contributed by atoms with E-state index in [9.17, 15) is 4.79 Å². The van der Waals surface area contributed by atoms with Crippen LogP contribution in [0.2, 0.25) is 0 Å². The molecule has 3 nitrogen and oxygen atoms in total. The first-order chi connectivity index (χ1) is 11.0. The van der Waals surface area contributed by atoms with Gasteiger partial charge in [-0.1, -0.05) is 50.2 Å². The summed E-state index contributed by atoms with van der Waals surface area (Å²) in [6.45, 7) is 8.32. The molecule has 3 heteroatoms. The highest BCUT2D eigenvalue weighted by Gasteiger charge is 2.09. The fourth-order valence-electron chi connectivity index (χ4n) is 2.31. The molecule has 120 valence electrons. The summed E-state index contributed by atoms with van der Waals surface area (Å²) in [7, 11) is 0. The maximum absolute atomic E-state index is 12.3. The SMILES string of the molecule is Cc1ccc(C(=O)NN=C(CC(C)C)c2ccccc2)cc1C. The smallest absolute Gasteiger partial charge is 0.267 e. The molecule has 23 heavy (non-hydrogen) atoms. The number of carbonyl (C=O) groups is 1. The monoisotopic (exact) mass is 308 g/mol. The van der Waals surface area contributed by atoms with Crippen LogP contribution in [-0.2, 0) is 0 Å². The fraction of sp³-hybridized carbons (Fsp3) is 0.300. The zero-order valence-electron chi connectivity index (χ0n) is 14.3. The number of benzene rings is 2. The van der Waals surface area contributed by atoms with Crippen molar-refractivity contribution in [2.24, 2.45) is 11.0 Å². The molecule has 0 unspecified atom stereocenters. The Kier molecular flexibility index (Phi) is 5.69. The Hall–Kier alpha value is -2.42. The van der Waals surface area contributed by atoms with Gasteiger partial charge in [-0.25, -0.2) is 5.43 Å². The molecule has 0 atom stereocenters. The first-order valence-electron chi connectivity index (χ1n) is 7.97. The zero-order chi connectivity index (χ0) is 16.8. The second-order valence-corrected chi connectivity index (χ2v) is 6.26. The van der Waals surface area contributed by atoms with Crippen molar-refractivity contribution in [3.05, 3.63) is 70.8 Å². The topological polar surface area (TPSA) is 41.5 Å². The summed E-state index contributed by atoms with van der Waals surface area (Å²) in [4.78, 5) is 12.3. The minimum absolute atomic E-state index is 0.176. The van der Waals surface area contributed by atoms with Gasteiger partial charge in [0.2, 0.25) is 0 Å². The van der Waals surface area contributed by atoms with Crippen molar-refractivity contribution >= 4 is 11.6 Å². The average molecular weight is 308 g/mol. The van der Waals surface area contributed by atoms with Crippen molar-refractivity contribution in [3.63, 3.8) is 0 Å². The summed E-state index contributed by atoms with van der Waals surface area (Å²) in [6, 6.07) is 15.7. The normalized spacial score (nSPS) is 11.6. The van der Waals surface area contributed by atoms with Crippen molar-refractivity contribution < 1.29 is 4.79 Å². The van der Waals surface area contributed by atoms with Crippen molar-refractivity contribution in [2.75, 3.05) is 0 Å². The lowest BCUT2D eigenvalue weighted by molar-refractivity contribution is 0.0954. The van der Waals surface area contributed by atoms with Gasteiger partial charge < -0.3 is 0 Å². The second-order valence-electron chi connectivity index (χ2n) is 6.26. The van der Waals surface area contributed by atoms with Crippen molar-refractivity contribution in [2.45, 2.75) is 34.1 Å². The molecule has 0 saturated carbocycles. The van der Waals surface area contributed by atoms with E-state index in [1.54, 1.807) is 0 Å². The predicted molar refractivity (Wildman–Crippen MR) is 95.8 cm³/mol. The maximum atomic E-state index is 12.3. The standard InChI is InChI=1S/C20H24N2O/c1-14(2)12-19(17-8-6-5-7-9-17)21-22-20(23)18-11-10-15(3)16(4)13-18/h5-11,13-14H,12H2,1-4H3,(H,22,23). The number of hydrazone groups is 1. The third kappa shape index (κ3) is 4.78. The Morgan fingerprint density at radius 2 is 1.70 bits per heavy atom. The first-order valence-corrected chi connectivity index (χ1v) is 7.97. The Balaban J connectivity index is 2.19. The molecule has 0 radical (unpaired) electrons. The Labute approximate surface area is 138 Å². The summed E-state index contributed by atoms with van der Waals surface area (Å²) in [5.41, 5.74) is 7.56. The predicted octanol–water partition coefficient (Wildman–Crippen LogP) is 4.48. The second kappa shape index (κ2) is 7.73. The Bertz CT molecular complexity index is 703. The van der Waals surface area contributed by atoms with Gasteiger partial charge in [0.15, 0.2) is 0 Å². The van der Waals surface area contributed by atoms with Crippen LogP contribution < -0.4 is 5.43 Å². The molecule has 0 aromatic heterocycles. The quantitative estimate of drug-likeness (QED) is 0.642. The van der Waals surface area contributed by atoms with Crippen LogP contribution in [0.1, 0.15) is 47.3 Å².